The molecule has 98 valence electrons. The third-order valence-electron chi connectivity index (χ3n) is 2.13. The van der Waals surface area contributed by atoms with Crippen LogP contribution in [0.15, 0.2) is 28.7 Å². The van der Waals surface area contributed by atoms with Crippen molar-refractivity contribution in [2.24, 2.45) is 0 Å². The molecule has 19 heavy (non-hydrogen) atoms. The Bertz CT molecular complexity index is 653. The maximum absolute atomic E-state index is 13.5. The Labute approximate surface area is 104 Å². The maximum Gasteiger partial charge on any atom is 0.307 e. The Morgan fingerprint density at radius 2 is 2.00 bits per heavy atom. The smallest absolute Gasteiger partial charge is 0.307 e. The summed E-state index contributed by atoms with van der Waals surface area (Å²) in [6.07, 6.45) is 0.402. The summed E-state index contributed by atoms with van der Waals surface area (Å²) < 4.78 is 36.4. The van der Waals surface area contributed by atoms with Gasteiger partial charge in [0.15, 0.2) is 23.6 Å². The van der Waals surface area contributed by atoms with E-state index in [0.717, 1.165) is 0 Å². The Morgan fingerprint density at radius 1 is 1.26 bits per heavy atom. The summed E-state index contributed by atoms with van der Waals surface area (Å²) in [7, 11) is 0. The van der Waals surface area contributed by atoms with E-state index in [4.69, 9.17) is 9.15 Å². The van der Waals surface area contributed by atoms with Crippen LogP contribution >= 0.6 is 0 Å². The van der Waals surface area contributed by atoms with E-state index in [0.29, 0.717) is 18.4 Å². The molecule has 0 radical (unpaired) electrons. The Kier molecular flexibility index (Phi) is 3.23. The van der Waals surface area contributed by atoms with Crippen LogP contribution in [-0.2, 0) is 0 Å². The third-order valence-corrected chi connectivity index (χ3v) is 2.13. The molecule has 0 atom stereocenters. The molecule has 8 heteroatoms. The van der Waals surface area contributed by atoms with Gasteiger partial charge in [0.05, 0.1) is 11.0 Å². The molecule has 2 aromatic rings. The number of halogens is 2. The van der Waals surface area contributed by atoms with Gasteiger partial charge < -0.3 is 9.15 Å². The Morgan fingerprint density at radius 3 is 2.58 bits per heavy atom. The topological polar surface area (TPSA) is 82.6 Å². The minimum Gasteiger partial charge on any atom is -0.423 e. The summed E-state index contributed by atoms with van der Waals surface area (Å²) in [5.74, 6) is -3.26. The normalized spacial score (nSPS) is 10.2. The number of benzene rings is 1. The van der Waals surface area contributed by atoms with Crippen molar-refractivity contribution in [3.8, 4) is 11.7 Å². The maximum atomic E-state index is 13.5. The van der Waals surface area contributed by atoms with Crippen molar-refractivity contribution in [3.63, 3.8) is 0 Å². The second kappa shape index (κ2) is 4.84. The van der Waals surface area contributed by atoms with Gasteiger partial charge in [-0.2, -0.15) is 4.39 Å². The predicted molar refractivity (Wildman–Crippen MR) is 57.2 cm³/mol. The highest BCUT2D eigenvalue weighted by Gasteiger charge is 2.20. The van der Waals surface area contributed by atoms with Gasteiger partial charge in [0.1, 0.15) is 0 Å². The van der Waals surface area contributed by atoms with E-state index >= 15 is 0 Å². The van der Waals surface area contributed by atoms with Gasteiger partial charge in [0, 0.05) is 12.1 Å². The first kappa shape index (κ1) is 12.7. The van der Waals surface area contributed by atoms with Crippen molar-refractivity contribution in [1.82, 2.24) is 0 Å². The number of carbonyl (C=O) groups excluding carboxylic acids is 1. The van der Waals surface area contributed by atoms with Crippen LogP contribution in [0.4, 0.5) is 14.5 Å². The fourth-order valence-corrected chi connectivity index (χ4v) is 1.30. The number of nitro groups is 1. The summed E-state index contributed by atoms with van der Waals surface area (Å²) in [4.78, 5) is 19.7. The van der Waals surface area contributed by atoms with Gasteiger partial charge in [-0.1, -0.05) is 0 Å². The van der Waals surface area contributed by atoms with Gasteiger partial charge in [-0.05, 0) is 6.07 Å². The lowest BCUT2D eigenvalue weighted by Crippen LogP contribution is -1.96. The summed E-state index contributed by atoms with van der Waals surface area (Å²) in [6.45, 7) is 0. The number of aldehydes is 1. The van der Waals surface area contributed by atoms with E-state index < -0.39 is 28.0 Å². The zero-order valence-electron chi connectivity index (χ0n) is 9.13. The zero-order chi connectivity index (χ0) is 14.0. The van der Waals surface area contributed by atoms with Crippen LogP contribution < -0.4 is 4.74 Å². The molecule has 0 unspecified atom stereocenters. The molecule has 0 N–H and O–H groups in total. The molecule has 1 aromatic carbocycles. The highest BCUT2D eigenvalue weighted by Crippen LogP contribution is 2.30. The molecular weight excluding hydrogens is 264 g/mol. The first-order chi connectivity index (χ1) is 9.01. The molecule has 0 aliphatic carbocycles. The number of ether oxygens (including phenoxy) is 1. The van der Waals surface area contributed by atoms with E-state index in [-0.39, 0.29) is 11.7 Å². The number of carbonyl (C=O) groups is 1. The quantitative estimate of drug-likeness (QED) is 0.484. The van der Waals surface area contributed by atoms with Crippen molar-refractivity contribution >= 4 is 12.0 Å². The van der Waals surface area contributed by atoms with Gasteiger partial charge in [-0.25, -0.2) is 4.39 Å². The number of rotatable bonds is 4. The van der Waals surface area contributed by atoms with Gasteiger partial charge in [-0.3, -0.25) is 14.9 Å². The van der Waals surface area contributed by atoms with Gasteiger partial charge in [0.25, 0.3) is 5.95 Å². The number of hydrogen-bond acceptors (Lipinski definition) is 5. The minimum absolute atomic E-state index is 0.0576. The first-order valence-electron chi connectivity index (χ1n) is 4.87. The molecule has 0 saturated heterocycles. The summed E-state index contributed by atoms with van der Waals surface area (Å²) >= 11 is 0. The minimum atomic E-state index is -1.25. The van der Waals surface area contributed by atoms with Crippen molar-refractivity contribution in [2.75, 3.05) is 0 Å². The zero-order valence-corrected chi connectivity index (χ0v) is 9.13. The SMILES string of the molecule is O=Cc1ccc(Oc2cc(F)c([N+](=O)[O-])cc2F)o1. The number of nitro benzene ring substituents is 1. The molecule has 6 nitrogen and oxygen atoms in total. The monoisotopic (exact) mass is 269 g/mol. The number of furan rings is 1. The lowest BCUT2D eigenvalue weighted by Gasteiger charge is -2.03. The van der Waals surface area contributed by atoms with E-state index in [9.17, 15) is 23.7 Å². The lowest BCUT2D eigenvalue weighted by molar-refractivity contribution is -0.387. The lowest BCUT2D eigenvalue weighted by atomic mass is 10.3. The fraction of sp³-hybridized carbons (Fsp3) is 0. The molecule has 0 bridgehead atoms. The second-order valence-electron chi connectivity index (χ2n) is 3.37. The number of nitrogens with zero attached hydrogens (tertiary/aromatic N) is 1. The Hall–Kier alpha value is -2.77. The summed E-state index contributed by atoms with van der Waals surface area (Å²) in [5, 5.41) is 10.4. The molecule has 0 aliphatic rings. The van der Waals surface area contributed by atoms with Crippen LogP contribution in [0, 0.1) is 21.7 Å². The first-order valence-corrected chi connectivity index (χ1v) is 4.87. The second-order valence-corrected chi connectivity index (χ2v) is 3.37. The molecule has 0 saturated carbocycles. The van der Waals surface area contributed by atoms with E-state index in [1.807, 2.05) is 0 Å². The van der Waals surface area contributed by atoms with Gasteiger partial charge in [-0.15, -0.1) is 0 Å². The van der Waals surface area contributed by atoms with E-state index in [1.54, 1.807) is 0 Å². The van der Waals surface area contributed by atoms with Crippen molar-refractivity contribution < 1.29 is 27.7 Å². The molecular formula is C11H5F2NO5. The van der Waals surface area contributed by atoms with Gasteiger partial charge >= 0.3 is 5.69 Å². The van der Waals surface area contributed by atoms with Crippen LogP contribution in [-0.4, -0.2) is 11.2 Å². The van der Waals surface area contributed by atoms with Crippen LogP contribution in [0.3, 0.4) is 0 Å². The molecule has 1 heterocycles. The molecule has 1 aromatic heterocycles. The number of hydrogen-bond donors (Lipinski definition) is 0. The standard InChI is InChI=1S/C11H5F2NO5/c12-7-4-10(8(13)3-9(7)14(16)17)19-11-2-1-6(5-15)18-11/h1-5H. The van der Waals surface area contributed by atoms with Crippen molar-refractivity contribution in [3.05, 3.63) is 51.8 Å². The molecule has 0 fully saturated rings. The van der Waals surface area contributed by atoms with Crippen LogP contribution in [0.2, 0.25) is 0 Å². The molecule has 0 aliphatic heterocycles. The average Bonchev–Trinajstić information content (AvgIpc) is 2.80. The summed E-state index contributed by atoms with van der Waals surface area (Å²) in [5.41, 5.74) is -1.00. The molecule has 0 amide bonds. The molecule has 2 rings (SSSR count). The van der Waals surface area contributed by atoms with Crippen LogP contribution in [0.1, 0.15) is 10.6 Å². The Balaban J connectivity index is 2.33. The predicted octanol–water partition coefficient (Wildman–Crippen LogP) is 3.07. The van der Waals surface area contributed by atoms with E-state index in [2.05, 4.69) is 0 Å². The fourth-order valence-electron chi connectivity index (χ4n) is 1.30. The molecule has 0 spiro atoms. The van der Waals surface area contributed by atoms with E-state index in [1.165, 1.54) is 12.1 Å². The van der Waals surface area contributed by atoms with Crippen LogP contribution in [0.25, 0.3) is 0 Å². The van der Waals surface area contributed by atoms with Crippen molar-refractivity contribution in [1.29, 1.82) is 0 Å². The third kappa shape index (κ3) is 2.57. The highest BCUT2D eigenvalue weighted by molar-refractivity contribution is 5.70. The van der Waals surface area contributed by atoms with Crippen LogP contribution in [0.5, 0.6) is 11.7 Å². The van der Waals surface area contributed by atoms with Crippen molar-refractivity contribution in [2.45, 2.75) is 0 Å². The highest BCUT2D eigenvalue weighted by atomic mass is 19.1. The largest absolute Gasteiger partial charge is 0.423 e. The summed E-state index contributed by atoms with van der Waals surface area (Å²) in [6, 6.07) is 3.41. The average molecular weight is 269 g/mol. The van der Waals surface area contributed by atoms with Gasteiger partial charge in [0.2, 0.25) is 5.82 Å².